The van der Waals surface area contributed by atoms with E-state index in [1.807, 2.05) is 0 Å². The molecule has 0 bridgehead atoms. The number of thioether (sulfide) groups is 1. The van der Waals surface area contributed by atoms with E-state index in [9.17, 15) is 0 Å². The number of aryl methyl sites for hydroxylation is 1. The third kappa shape index (κ3) is 4.51. The van der Waals surface area contributed by atoms with Gasteiger partial charge in [-0.25, -0.2) is 0 Å². The monoisotopic (exact) mass is 344 g/mol. The van der Waals surface area contributed by atoms with Crippen LogP contribution in [0, 0.1) is 13.8 Å². The molecular weight excluding hydrogens is 320 g/mol. The van der Waals surface area contributed by atoms with E-state index in [1.165, 1.54) is 17.0 Å². The normalized spacial score (nSPS) is 16.2. The van der Waals surface area contributed by atoms with Gasteiger partial charge in [0.05, 0.1) is 12.3 Å². The van der Waals surface area contributed by atoms with Gasteiger partial charge in [-0.1, -0.05) is 18.7 Å². The van der Waals surface area contributed by atoms with Gasteiger partial charge in [0.2, 0.25) is 0 Å². The van der Waals surface area contributed by atoms with Gasteiger partial charge in [0.25, 0.3) is 0 Å². The number of nitrogens with zero attached hydrogens (tertiary/aromatic N) is 3. The van der Waals surface area contributed by atoms with E-state index in [2.05, 4.69) is 46.9 Å². The number of halogens is 1. The maximum Gasteiger partial charge on any atom is 0.177 e. The summed E-state index contributed by atoms with van der Waals surface area (Å²) < 4.78 is 7.46. The average Bonchev–Trinajstić information content (AvgIpc) is 2.78. The van der Waals surface area contributed by atoms with Crippen LogP contribution in [-0.2, 0) is 11.3 Å². The first-order valence-corrected chi connectivity index (χ1v) is 8.31. The molecule has 0 atom stereocenters. The number of amidine groups is 1. The summed E-state index contributed by atoms with van der Waals surface area (Å²) in [6.45, 7) is 8.86. The lowest BCUT2D eigenvalue weighted by atomic mass is 10.1. The van der Waals surface area contributed by atoms with Crippen molar-refractivity contribution in [2.45, 2.75) is 33.7 Å². The highest BCUT2D eigenvalue weighted by Crippen LogP contribution is 2.20. The van der Waals surface area contributed by atoms with Crippen LogP contribution in [0.25, 0.3) is 0 Å². The summed E-state index contributed by atoms with van der Waals surface area (Å²) >= 11 is 1.72. The van der Waals surface area contributed by atoms with Crippen LogP contribution in [-0.4, -0.2) is 41.5 Å². The molecule has 1 aliphatic rings. The Morgan fingerprint density at radius 3 is 2.82 bits per heavy atom. The Morgan fingerprint density at radius 2 is 2.23 bits per heavy atom. The molecule has 1 aliphatic heterocycles. The van der Waals surface area contributed by atoms with Crippen molar-refractivity contribution in [2.75, 3.05) is 26.0 Å². The van der Waals surface area contributed by atoms with Gasteiger partial charge in [-0.3, -0.25) is 10.4 Å². The molecule has 5 nitrogen and oxygen atoms in total. The smallest absolute Gasteiger partial charge is 0.177 e. The lowest BCUT2D eigenvalue weighted by Crippen LogP contribution is -2.26. The summed E-state index contributed by atoms with van der Waals surface area (Å²) in [5, 5.41) is 5.42. The third-order valence-corrected chi connectivity index (χ3v) is 4.43. The fourth-order valence-corrected chi connectivity index (χ4v) is 3.16. The van der Waals surface area contributed by atoms with E-state index >= 15 is 0 Å². The van der Waals surface area contributed by atoms with Gasteiger partial charge in [-0.05, 0) is 26.3 Å². The fraction of sp³-hybridized carbons (Fsp3) is 0.600. The molecule has 0 spiro atoms. The van der Waals surface area contributed by atoms with Crippen LogP contribution in [0.15, 0.2) is 16.2 Å². The van der Waals surface area contributed by atoms with Crippen molar-refractivity contribution in [1.29, 1.82) is 0 Å². The van der Waals surface area contributed by atoms with Crippen LogP contribution >= 0.6 is 24.2 Å². The van der Waals surface area contributed by atoms with Gasteiger partial charge in [0, 0.05) is 42.9 Å². The quantitative estimate of drug-likeness (QED) is 0.863. The number of aliphatic imine (C=N–C) groups is 1. The number of hydrazone groups is 1. The van der Waals surface area contributed by atoms with Gasteiger partial charge in [0.1, 0.15) is 0 Å². The Hall–Kier alpha value is -0.980. The van der Waals surface area contributed by atoms with Crippen molar-refractivity contribution in [3.05, 3.63) is 23.0 Å². The van der Waals surface area contributed by atoms with Crippen molar-refractivity contribution < 1.29 is 4.74 Å². The van der Waals surface area contributed by atoms with E-state index in [0.29, 0.717) is 0 Å². The van der Waals surface area contributed by atoms with Crippen LogP contribution in [0.2, 0.25) is 0 Å². The van der Waals surface area contributed by atoms with Crippen LogP contribution < -0.4 is 5.43 Å². The molecular formula is C15H25ClN4OS. The number of ether oxygens (including phenoxy) is 1. The molecule has 0 radical (unpaired) electrons. The van der Waals surface area contributed by atoms with Gasteiger partial charge < -0.3 is 9.30 Å². The van der Waals surface area contributed by atoms with Gasteiger partial charge in [0.15, 0.2) is 5.17 Å². The highest BCUT2D eigenvalue weighted by Gasteiger charge is 2.18. The van der Waals surface area contributed by atoms with Crippen LogP contribution in [0.3, 0.4) is 0 Å². The summed E-state index contributed by atoms with van der Waals surface area (Å²) in [6.07, 6.45) is 1.06. The molecule has 7 heteroatoms. The van der Waals surface area contributed by atoms with Crippen molar-refractivity contribution in [1.82, 2.24) is 9.99 Å². The number of aromatic nitrogens is 1. The van der Waals surface area contributed by atoms with E-state index in [0.717, 1.165) is 42.7 Å². The van der Waals surface area contributed by atoms with Crippen molar-refractivity contribution in [3.63, 3.8) is 0 Å². The van der Waals surface area contributed by atoms with E-state index in [1.54, 1.807) is 18.9 Å². The second kappa shape index (κ2) is 9.22. The third-order valence-electron chi connectivity index (χ3n) is 3.51. The van der Waals surface area contributed by atoms with Crippen molar-refractivity contribution >= 4 is 35.0 Å². The van der Waals surface area contributed by atoms with Crippen LogP contribution in [0.5, 0.6) is 0 Å². The minimum atomic E-state index is 0. The number of rotatable bonds is 6. The number of nitrogens with one attached hydrogen (secondary N) is 1. The highest BCUT2D eigenvalue weighted by atomic mass is 35.5. The average molecular weight is 345 g/mol. The molecule has 1 aromatic rings. The van der Waals surface area contributed by atoms with E-state index in [4.69, 9.17) is 4.74 Å². The molecule has 0 saturated carbocycles. The van der Waals surface area contributed by atoms with Gasteiger partial charge in [-0.15, -0.1) is 12.4 Å². The van der Waals surface area contributed by atoms with Gasteiger partial charge >= 0.3 is 0 Å². The minimum Gasteiger partial charge on any atom is -0.383 e. The Labute approximate surface area is 143 Å². The number of hydrogen-bond acceptors (Lipinski definition) is 4. The molecule has 1 aromatic heterocycles. The van der Waals surface area contributed by atoms with E-state index < -0.39 is 0 Å². The SMILES string of the molecule is CCCN=C1NN=C(c2cc(C)n(CCOC)c2C)CS1.Cl. The molecule has 1 N–H and O–H groups in total. The molecule has 0 aromatic carbocycles. The second-order valence-electron chi connectivity index (χ2n) is 5.08. The maximum absolute atomic E-state index is 5.18. The van der Waals surface area contributed by atoms with Crippen LogP contribution in [0.1, 0.15) is 30.3 Å². The molecule has 0 aliphatic carbocycles. The lowest BCUT2D eigenvalue weighted by molar-refractivity contribution is 0.186. The zero-order valence-electron chi connectivity index (χ0n) is 13.7. The summed E-state index contributed by atoms with van der Waals surface area (Å²) in [6, 6.07) is 2.21. The second-order valence-corrected chi connectivity index (χ2v) is 6.04. The first-order chi connectivity index (χ1) is 10.2. The van der Waals surface area contributed by atoms with Crippen LogP contribution in [0.4, 0.5) is 0 Å². The molecule has 22 heavy (non-hydrogen) atoms. The Kier molecular flexibility index (Phi) is 8.00. The molecule has 0 fully saturated rings. The molecule has 2 rings (SSSR count). The Morgan fingerprint density at radius 1 is 1.45 bits per heavy atom. The first kappa shape index (κ1) is 19.1. The van der Waals surface area contributed by atoms with Gasteiger partial charge in [-0.2, -0.15) is 5.10 Å². The van der Waals surface area contributed by atoms with Crippen molar-refractivity contribution in [2.24, 2.45) is 10.1 Å². The summed E-state index contributed by atoms with van der Waals surface area (Å²) in [4.78, 5) is 4.46. The van der Waals surface area contributed by atoms with E-state index in [-0.39, 0.29) is 12.4 Å². The topological polar surface area (TPSA) is 50.9 Å². The molecule has 0 amide bonds. The molecule has 124 valence electrons. The van der Waals surface area contributed by atoms with Crippen molar-refractivity contribution in [3.8, 4) is 0 Å². The Balaban J connectivity index is 0.00000242. The molecule has 2 heterocycles. The summed E-state index contributed by atoms with van der Waals surface area (Å²) in [5.41, 5.74) is 7.88. The highest BCUT2D eigenvalue weighted by molar-refractivity contribution is 8.14. The molecule has 0 saturated heterocycles. The minimum absolute atomic E-state index is 0. The fourth-order valence-electron chi connectivity index (χ4n) is 2.37. The first-order valence-electron chi connectivity index (χ1n) is 7.33. The predicted molar refractivity (Wildman–Crippen MR) is 97.8 cm³/mol. The number of methoxy groups -OCH3 is 1. The standard InChI is InChI=1S/C15H24N4OS.ClH/c1-5-6-16-15-18-17-14(10-21-15)13-9-11(2)19(12(13)3)7-8-20-4;/h9H,5-8,10H2,1-4H3,(H,16,18);1H. The summed E-state index contributed by atoms with van der Waals surface area (Å²) in [5.74, 6) is 0.865. The molecule has 0 unspecified atom stereocenters. The lowest BCUT2D eigenvalue weighted by Gasteiger charge is -2.15. The Bertz CT molecular complexity index is 554. The zero-order chi connectivity index (χ0) is 15.2. The largest absolute Gasteiger partial charge is 0.383 e. The number of hydrogen-bond donors (Lipinski definition) is 1. The zero-order valence-corrected chi connectivity index (χ0v) is 15.3. The predicted octanol–water partition coefficient (Wildman–Crippen LogP) is 2.98. The maximum atomic E-state index is 5.18. The summed E-state index contributed by atoms with van der Waals surface area (Å²) in [7, 11) is 1.73.